The first-order valence-electron chi connectivity index (χ1n) is 6.89. The highest BCUT2D eigenvalue weighted by atomic mass is 32.1. The van der Waals surface area contributed by atoms with Gasteiger partial charge in [0, 0.05) is 29.4 Å². The lowest BCUT2D eigenvalue weighted by atomic mass is 9.92. The fourth-order valence-electron chi connectivity index (χ4n) is 2.30. The van der Waals surface area contributed by atoms with Gasteiger partial charge in [0.1, 0.15) is 0 Å². The Hall–Kier alpha value is -0.450. The Labute approximate surface area is 114 Å². The van der Waals surface area contributed by atoms with Crippen LogP contribution in [-0.2, 0) is 12.0 Å². The Morgan fingerprint density at radius 1 is 1.33 bits per heavy atom. The number of hydrogen-bond donors (Lipinski definition) is 2. The Morgan fingerprint density at radius 2 is 2.00 bits per heavy atom. The standard InChI is InChI=1S/C14H25N3S/c1-14(2,3)13-17-12(9-18-13)8-16-11-6-4-10(15)5-7-11/h9-11,16H,4-8,15H2,1-3H3. The van der Waals surface area contributed by atoms with Crippen molar-refractivity contribution in [2.24, 2.45) is 5.73 Å². The van der Waals surface area contributed by atoms with E-state index in [-0.39, 0.29) is 5.41 Å². The number of hydrogen-bond acceptors (Lipinski definition) is 4. The van der Waals surface area contributed by atoms with Gasteiger partial charge in [-0.25, -0.2) is 4.98 Å². The van der Waals surface area contributed by atoms with Crippen LogP contribution >= 0.6 is 11.3 Å². The number of aromatic nitrogens is 1. The van der Waals surface area contributed by atoms with Gasteiger partial charge in [0.15, 0.2) is 0 Å². The van der Waals surface area contributed by atoms with Gasteiger partial charge in [-0.05, 0) is 25.7 Å². The molecular formula is C14H25N3S. The quantitative estimate of drug-likeness (QED) is 0.885. The third kappa shape index (κ3) is 3.77. The topological polar surface area (TPSA) is 50.9 Å². The first-order chi connectivity index (χ1) is 8.45. The largest absolute Gasteiger partial charge is 0.328 e. The summed E-state index contributed by atoms with van der Waals surface area (Å²) in [6.45, 7) is 7.54. The third-order valence-corrected chi connectivity index (χ3v) is 4.85. The molecular weight excluding hydrogens is 242 g/mol. The van der Waals surface area contributed by atoms with Crippen molar-refractivity contribution in [3.05, 3.63) is 16.1 Å². The number of nitrogens with one attached hydrogen (secondary N) is 1. The van der Waals surface area contributed by atoms with E-state index in [0.717, 1.165) is 19.4 Å². The molecule has 1 aromatic heterocycles. The summed E-state index contributed by atoms with van der Waals surface area (Å²) in [6, 6.07) is 1.06. The molecule has 1 aliphatic rings. The van der Waals surface area contributed by atoms with Crippen molar-refractivity contribution in [1.29, 1.82) is 0 Å². The monoisotopic (exact) mass is 267 g/mol. The molecule has 0 aliphatic heterocycles. The smallest absolute Gasteiger partial charge is 0.0982 e. The summed E-state index contributed by atoms with van der Waals surface area (Å²) in [5.41, 5.74) is 7.26. The zero-order chi connectivity index (χ0) is 13.2. The third-order valence-electron chi connectivity index (χ3n) is 3.54. The van der Waals surface area contributed by atoms with E-state index in [2.05, 4.69) is 31.5 Å². The lowest BCUT2D eigenvalue weighted by Gasteiger charge is -2.26. The molecule has 4 heteroatoms. The molecule has 0 radical (unpaired) electrons. The van der Waals surface area contributed by atoms with E-state index in [1.807, 2.05) is 0 Å². The molecule has 1 fully saturated rings. The molecule has 0 spiro atoms. The fraction of sp³-hybridized carbons (Fsp3) is 0.786. The maximum atomic E-state index is 5.92. The summed E-state index contributed by atoms with van der Waals surface area (Å²) in [5, 5.41) is 7.02. The SMILES string of the molecule is CC(C)(C)c1nc(CNC2CCC(N)CC2)cs1. The zero-order valence-electron chi connectivity index (χ0n) is 11.7. The van der Waals surface area contributed by atoms with E-state index < -0.39 is 0 Å². The van der Waals surface area contributed by atoms with Crippen LogP contribution in [0.2, 0.25) is 0 Å². The van der Waals surface area contributed by atoms with Gasteiger partial charge in [0.05, 0.1) is 10.7 Å². The van der Waals surface area contributed by atoms with Gasteiger partial charge in [-0.3, -0.25) is 0 Å². The average Bonchev–Trinajstić information content (AvgIpc) is 2.77. The van der Waals surface area contributed by atoms with Crippen molar-refractivity contribution in [1.82, 2.24) is 10.3 Å². The molecule has 1 saturated carbocycles. The van der Waals surface area contributed by atoms with Gasteiger partial charge in [-0.2, -0.15) is 0 Å². The summed E-state index contributed by atoms with van der Waals surface area (Å²) in [4.78, 5) is 4.71. The summed E-state index contributed by atoms with van der Waals surface area (Å²) in [6.07, 6.45) is 4.72. The van der Waals surface area contributed by atoms with Crippen molar-refractivity contribution in [2.75, 3.05) is 0 Å². The van der Waals surface area contributed by atoms with Crippen molar-refractivity contribution in [2.45, 2.75) is 70.5 Å². The molecule has 3 nitrogen and oxygen atoms in total. The molecule has 0 unspecified atom stereocenters. The maximum Gasteiger partial charge on any atom is 0.0982 e. The number of thiazole rings is 1. The van der Waals surface area contributed by atoms with Crippen LogP contribution in [0.15, 0.2) is 5.38 Å². The summed E-state index contributed by atoms with van der Waals surface area (Å²) < 4.78 is 0. The average molecular weight is 267 g/mol. The molecule has 0 atom stereocenters. The van der Waals surface area contributed by atoms with Gasteiger partial charge in [-0.15, -0.1) is 11.3 Å². The van der Waals surface area contributed by atoms with E-state index >= 15 is 0 Å². The van der Waals surface area contributed by atoms with E-state index in [1.165, 1.54) is 23.5 Å². The normalized spacial score (nSPS) is 25.3. The molecule has 0 saturated heterocycles. The lowest BCUT2D eigenvalue weighted by molar-refractivity contribution is 0.341. The van der Waals surface area contributed by atoms with Crippen LogP contribution < -0.4 is 11.1 Å². The Balaban J connectivity index is 1.82. The highest BCUT2D eigenvalue weighted by molar-refractivity contribution is 7.09. The Kier molecular flexibility index (Phi) is 4.41. The van der Waals surface area contributed by atoms with E-state index in [0.29, 0.717) is 12.1 Å². The highest BCUT2D eigenvalue weighted by Gasteiger charge is 2.20. The minimum atomic E-state index is 0.167. The van der Waals surface area contributed by atoms with Gasteiger partial charge in [0.25, 0.3) is 0 Å². The van der Waals surface area contributed by atoms with Gasteiger partial charge in [-0.1, -0.05) is 20.8 Å². The van der Waals surface area contributed by atoms with Crippen LogP contribution in [0, 0.1) is 0 Å². The second-order valence-electron chi connectivity index (χ2n) is 6.39. The molecule has 2 rings (SSSR count). The first kappa shape index (κ1) is 14.0. The minimum absolute atomic E-state index is 0.167. The molecule has 1 heterocycles. The van der Waals surface area contributed by atoms with Crippen LogP contribution in [-0.4, -0.2) is 17.1 Å². The number of nitrogens with two attached hydrogens (primary N) is 1. The molecule has 0 amide bonds. The molecule has 18 heavy (non-hydrogen) atoms. The van der Waals surface area contributed by atoms with Gasteiger partial charge < -0.3 is 11.1 Å². The molecule has 0 aromatic carbocycles. The van der Waals surface area contributed by atoms with Crippen LogP contribution in [0.3, 0.4) is 0 Å². The first-order valence-corrected chi connectivity index (χ1v) is 7.77. The van der Waals surface area contributed by atoms with Crippen molar-refractivity contribution < 1.29 is 0 Å². The molecule has 1 aromatic rings. The van der Waals surface area contributed by atoms with Crippen LogP contribution in [0.25, 0.3) is 0 Å². The van der Waals surface area contributed by atoms with E-state index in [1.54, 1.807) is 11.3 Å². The number of rotatable bonds is 3. The minimum Gasteiger partial charge on any atom is -0.328 e. The van der Waals surface area contributed by atoms with Crippen LogP contribution in [0.4, 0.5) is 0 Å². The number of nitrogens with zero attached hydrogens (tertiary/aromatic N) is 1. The Bertz CT molecular complexity index is 373. The summed E-state index contributed by atoms with van der Waals surface area (Å²) in [7, 11) is 0. The van der Waals surface area contributed by atoms with Crippen molar-refractivity contribution >= 4 is 11.3 Å². The summed E-state index contributed by atoms with van der Waals surface area (Å²) >= 11 is 1.77. The fourth-order valence-corrected chi connectivity index (χ4v) is 3.21. The maximum absolute atomic E-state index is 5.92. The van der Waals surface area contributed by atoms with E-state index in [9.17, 15) is 0 Å². The predicted octanol–water partition coefficient (Wildman–Crippen LogP) is 2.80. The van der Waals surface area contributed by atoms with Gasteiger partial charge in [0.2, 0.25) is 0 Å². The van der Waals surface area contributed by atoms with Crippen molar-refractivity contribution in [3.63, 3.8) is 0 Å². The lowest BCUT2D eigenvalue weighted by Crippen LogP contribution is -2.37. The predicted molar refractivity (Wildman–Crippen MR) is 77.9 cm³/mol. The van der Waals surface area contributed by atoms with Crippen LogP contribution in [0.1, 0.15) is 57.2 Å². The van der Waals surface area contributed by atoms with Gasteiger partial charge >= 0.3 is 0 Å². The van der Waals surface area contributed by atoms with Crippen LogP contribution in [0.5, 0.6) is 0 Å². The molecule has 3 N–H and O–H groups in total. The Morgan fingerprint density at radius 3 is 2.56 bits per heavy atom. The second kappa shape index (κ2) is 5.68. The molecule has 1 aliphatic carbocycles. The zero-order valence-corrected chi connectivity index (χ0v) is 12.5. The molecule has 0 bridgehead atoms. The second-order valence-corrected chi connectivity index (χ2v) is 7.24. The highest BCUT2D eigenvalue weighted by Crippen LogP contribution is 2.25. The summed E-state index contributed by atoms with van der Waals surface area (Å²) in [5.74, 6) is 0. The van der Waals surface area contributed by atoms with Crippen molar-refractivity contribution in [3.8, 4) is 0 Å². The van der Waals surface area contributed by atoms with E-state index in [4.69, 9.17) is 10.7 Å². The molecule has 102 valence electrons.